The van der Waals surface area contributed by atoms with Gasteiger partial charge in [-0.05, 0) is 24.5 Å². The van der Waals surface area contributed by atoms with Crippen molar-refractivity contribution in [1.82, 2.24) is 4.98 Å². The maximum atomic E-state index is 12.1. The zero-order chi connectivity index (χ0) is 13.8. The number of benzene rings is 1. The van der Waals surface area contributed by atoms with Crippen molar-refractivity contribution in [2.45, 2.75) is 33.1 Å². The monoisotopic (exact) mass is 256 g/mol. The van der Waals surface area contributed by atoms with E-state index in [1.54, 1.807) is 6.07 Å². The Morgan fingerprint density at radius 3 is 2.79 bits per heavy atom. The second-order valence-electron chi connectivity index (χ2n) is 5.32. The lowest BCUT2D eigenvalue weighted by Crippen LogP contribution is -2.04. The van der Waals surface area contributed by atoms with Gasteiger partial charge in [0.25, 0.3) is 0 Å². The summed E-state index contributed by atoms with van der Waals surface area (Å²) in [6.45, 7) is 4.33. The number of carbonyl (C=O) groups excluding carboxylic acids is 1. The van der Waals surface area contributed by atoms with Crippen molar-refractivity contribution in [1.29, 1.82) is 0 Å². The van der Waals surface area contributed by atoms with Crippen molar-refractivity contribution in [3.05, 3.63) is 36.0 Å². The number of fused-ring (bicyclic) bond motifs is 1. The van der Waals surface area contributed by atoms with E-state index in [1.807, 2.05) is 24.3 Å². The second-order valence-corrected chi connectivity index (χ2v) is 5.32. The zero-order valence-corrected chi connectivity index (χ0v) is 11.5. The molecule has 0 bridgehead atoms. The number of para-hydroxylation sites is 1. The van der Waals surface area contributed by atoms with Crippen LogP contribution in [-0.2, 0) is 0 Å². The van der Waals surface area contributed by atoms with Crippen molar-refractivity contribution in [2.75, 3.05) is 5.73 Å². The van der Waals surface area contributed by atoms with Crippen LogP contribution in [0.5, 0.6) is 0 Å². The molecule has 19 heavy (non-hydrogen) atoms. The summed E-state index contributed by atoms with van der Waals surface area (Å²) in [7, 11) is 0. The predicted octanol–water partition coefficient (Wildman–Crippen LogP) is 3.83. The lowest BCUT2D eigenvalue weighted by atomic mass is 10.0. The first-order valence-electron chi connectivity index (χ1n) is 6.76. The molecule has 0 fully saturated rings. The number of pyridine rings is 1. The van der Waals surface area contributed by atoms with Crippen LogP contribution in [0.4, 0.5) is 5.69 Å². The lowest BCUT2D eigenvalue weighted by molar-refractivity contribution is 0.0974. The molecular weight excluding hydrogens is 236 g/mol. The van der Waals surface area contributed by atoms with Gasteiger partial charge in [-0.25, -0.2) is 4.98 Å². The normalized spacial score (nSPS) is 11.1. The Balaban J connectivity index is 2.18. The van der Waals surface area contributed by atoms with E-state index in [0.717, 1.165) is 23.7 Å². The Hall–Kier alpha value is -1.90. The summed E-state index contributed by atoms with van der Waals surface area (Å²) in [5.41, 5.74) is 7.88. The highest BCUT2D eigenvalue weighted by atomic mass is 16.1. The van der Waals surface area contributed by atoms with Crippen molar-refractivity contribution in [3.8, 4) is 0 Å². The number of hydrogen-bond donors (Lipinski definition) is 1. The summed E-state index contributed by atoms with van der Waals surface area (Å²) < 4.78 is 0. The molecule has 0 saturated heterocycles. The van der Waals surface area contributed by atoms with Crippen LogP contribution in [0, 0.1) is 5.92 Å². The quantitative estimate of drug-likeness (QED) is 0.827. The van der Waals surface area contributed by atoms with E-state index in [0.29, 0.717) is 23.7 Å². The van der Waals surface area contributed by atoms with Gasteiger partial charge in [-0.15, -0.1) is 0 Å². The Morgan fingerprint density at radius 1 is 1.32 bits per heavy atom. The first kappa shape index (κ1) is 13.5. The zero-order valence-electron chi connectivity index (χ0n) is 11.5. The van der Waals surface area contributed by atoms with Gasteiger partial charge in [0.05, 0.1) is 5.52 Å². The maximum absolute atomic E-state index is 12.1. The summed E-state index contributed by atoms with van der Waals surface area (Å²) in [6.07, 6.45) is 2.52. The summed E-state index contributed by atoms with van der Waals surface area (Å²) in [4.78, 5) is 16.5. The van der Waals surface area contributed by atoms with Gasteiger partial charge in [0, 0.05) is 17.5 Å². The average Bonchev–Trinajstić information content (AvgIpc) is 2.38. The third kappa shape index (κ3) is 3.31. The minimum Gasteiger partial charge on any atom is -0.398 e. The Morgan fingerprint density at radius 2 is 2.05 bits per heavy atom. The number of nitrogens with zero attached hydrogens (tertiary/aromatic N) is 1. The number of Topliss-reactive ketones (excluding diaryl/α,β-unsaturated/α-hetero) is 1. The SMILES string of the molecule is CC(C)CCCC(=O)c1cc(N)c2ccccc2n1. The Labute approximate surface area is 113 Å². The standard InChI is InChI=1S/C16H20N2O/c1-11(2)6-5-9-16(19)15-10-13(17)12-7-3-4-8-14(12)18-15/h3-4,7-8,10-11H,5-6,9H2,1-2H3,(H2,17,18). The number of nitrogen functional groups attached to an aromatic ring is 1. The Kier molecular flexibility index (Phi) is 4.15. The molecule has 0 amide bonds. The molecule has 0 radical (unpaired) electrons. The number of nitrogens with two attached hydrogens (primary N) is 1. The van der Waals surface area contributed by atoms with Crippen LogP contribution in [0.25, 0.3) is 10.9 Å². The summed E-state index contributed by atoms with van der Waals surface area (Å²) in [6, 6.07) is 9.33. The molecule has 0 aliphatic heterocycles. The van der Waals surface area contributed by atoms with Gasteiger partial charge in [-0.2, -0.15) is 0 Å². The third-order valence-electron chi connectivity index (χ3n) is 3.22. The van der Waals surface area contributed by atoms with Gasteiger partial charge in [-0.1, -0.05) is 38.5 Å². The topological polar surface area (TPSA) is 56.0 Å². The lowest BCUT2D eigenvalue weighted by Gasteiger charge is -2.06. The first-order valence-corrected chi connectivity index (χ1v) is 6.76. The van der Waals surface area contributed by atoms with E-state index >= 15 is 0 Å². The van der Waals surface area contributed by atoms with Crippen LogP contribution in [0.15, 0.2) is 30.3 Å². The predicted molar refractivity (Wildman–Crippen MR) is 79.2 cm³/mol. The van der Waals surface area contributed by atoms with Crippen LogP contribution in [0.2, 0.25) is 0 Å². The molecule has 1 aromatic carbocycles. The molecule has 1 aromatic heterocycles. The van der Waals surface area contributed by atoms with Crippen molar-refractivity contribution >= 4 is 22.4 Å². The molecule has 100 valence electrons. The average molecular weight is 256 g/mol. The highest BCUT2D eigenvalue weighted by Gasteiger charge is 2.10. The molecule has 0 spiro atoms. The van der Waals surface area contributed by atoms with Crippen LogP contribution in [0.3, 0.4) is 0 Å². The molecule has 2 aromatic rings. The van der Waals surface area contributed by atoms with Gasteiger partial charge in [-0.3, -0.25) is 4.79 Å². The maximum Gasteiger partial charge on any atom is 0.181 e. The third-order valence-corrected chi connectivity index (χ3v) is 3.22. The van der Waals surface area contributed by atoms with Gasteiger partial charge in [0.2, 0.25) is 0 Å². The first-order chi connectivity index (χ1) is 9.08. The molecule has 2 N–H and O–H groups in total. The van der Waals surface area contributed by atoms with Crippen LogP contribution < -0.4 is 5.73 Å². The number of aromatic nitrogens is 1. The molecule has 0 atom stereocenters. The summed E-state index contributed by atoms with van der Waals surface area (Å²) >= 11 is 0. The van der Waals surface area contributed by atoms with Crippen molar-refractivity contribution in [2.24, 2.45) is 5.92 Å². The van der Waals surface area contributed by atoms with Gasteiger partial charge in [0.15, 0.2) is 5.78 Å². The fourth-order valence-electron chi connectivity index (χ4n) is 2.14. The number of rotatable bonds is 5. The molecule has 0 aliphatic carbocycles. The van der Waals surface area contributed by atoms with E-state index in [4.69, 9.17) is 5.73 Å². The van der Waals surface area contributed by atoms with Crippen LogP contribution in [0.1, 0.15) is 43.6 Å². The second kappa shape index (κ2) is 5.83. The molecule has 0 saturated carbocycles. The number of anilines is 1. The fraction of sp³-hybridized carbons (Fsp3) is 0.375. The van der Waals surface area contributed by atoms with Crippen LogP contribution in [-0.4, -0.2) is 10.8 Å². The smallest absolute Gasteiger partial charge is 0.181 e. The molecule has 1 heterocycles. The summed E-state index contributed by atoms with van der Waals surface area (Å²) in [5, 5.41) is 0.904. The van der Waals surface area contributed by atoms with E-state index in [-0.39, 0.29) is 5.78 Å². The van der Waals surface area contributed by atoms with Crippen LogP contribution >= 0.6 is 0 Å². The van der Waals surface area contributed by atoms with E-state index in [2.05, 4.69) is 18.8 Å². The van der Waals surface area contributed by atoms with E-state index in [9.17, 15) is 4.79 Å². The molecular formula is C16H20N2O. The van der Waals surface area contributed by atoms with E-state index < -0.39 is 0 Å². The highest BCUT2D eigenvalue weighted by molar-refractivity contribution is 6.00. The fourth-order valence-corrected chi connectivity index (χ4v) is 2.14. The largest absolute Gasteiger partial charge is 0.398 e. The number of hydrogen-bond acceptors (Lipinski definition) is 3. The number of carbonyl (C=O) groups is 1. The van der Waals surface area contributed by atoms with E-state index in [1.165, 1.54) is 0 Å². The minimum atomic E-state index is 0.0816. The Bertz CT molecular complexity index is 590. The van der Waals surface area contributed by atoms with Crippen molar-refractivity contribution < 1.29 is 4.79 Å². The number of ketones is 1. The minimum absolute atomic E-state index is 0.0816. The molecule has 3 heteroatoms. The highest BCUT2D eigenvalue weighted by Crippen LogP contribution is 2.21. The van der Waals surface area contributed by atoms with Gasteiger partial charge in [0.1, 0.15) is 5.69 Å². The molecule has 0 aliphatic rings. The molecule has 0 unspecified atom stereocenters. The summed E-state index contributed by atoms with van der Waals surface area (Å²) in [5.74, 6) is 0.709. The molecule has 2 rings (SSSR count). The van der Waals surface area contributed by atoms with Gasteiger partial charge < -0.3 is 5.73 Å². The van der Waals surface area contributed by atoms with Crippen molar-refractivity contribution in [3.63, 3.8) is 0 Å². The molecule has 3 nitrogen and oxygen atoms in total. The van der Waals surface area contributed by atoms with Gasteiger partial charge >= 0.3 is 0 Å².